The zero-order chi connectivity index (χ0) is 27.7. The molecule has 0 bridgehead atoms. The van der Waals surface area contributed by atoms with Crippen LogP contribution >= 0.6 is 12.2 Å². The lowest BCUT2D eigenvalue weighted by Gasteiger charge is -2.18. The molecule has 0 aliphatic rings. The fraction of sp³-hybridized carbons (Fsp3) is 0.241. The second kappa shape index (κ2) is 16.4. The number of alkyl carbamates (subject to hydrolysis) is 2. The van der Waals surface area contributed by atoms with Crippen LogP contribution in [0, 0.1) is 0 Å². The summed E-state index contributed by atoms with van der Waals surface area (Å²) in [5.74, 6) is -0.583. The van der Waals surface area contributed by atoms with Crippen molar-refractivity contribution in [1.29, 1.82) is 0 Å². The number of rotatable bonds is 12. The third-order valence-electron chi connectivity index (χ3n) is 5.40. The Morgan fingerprint density at radius 2 is 1.13 bits per heavy atom. The van der Waals surface area contributed by atoms with Crippen LogP contribution in [0.4, 0.5) is 9.59 Å². The first kappa shape index (κ1) is 29.1. The van der Waals surface area contributed by atoms with Crippen LogP contribution in [-0.2, 0) is 38.8 Å². The van der Waals surface area contributed by atoms with Gasteiger partial charge in [0, 0.05) is 6.54 Å². The lowest BCUT2D eigenvalue weighted by Crippen LogP contribution is -2.43. The Morgan fingerprint density at radius 1 is 0.667 bits per heavy atom. The molecule has 0 aromatic heterocycles. The Kier molecular flexibility index (Phi) is 12.3. The Bertz CT molecular complexity index is 1200. The molecule has 0 heterocycles. The van der Waals surface area contributed by atoms with Gasteiger partial charge in [-0.25, -0.2) is 14.4 Å². The molecule has 3 aromatic carbocycles. The van der Waals surface area contributed by atoms with Gasteiger partial charge in [-0.05, 0) is 41.7 Å². The van der Waals surface area contributed by atoms with Crippen LogP contribution in [-0.4, -0.2) is 35.9 Å². The molecule has 0 aliphatic heterocycles. The molecule has 0 saturated heterocycles. The molecule has 0 saturated carbocycles. The summed E-state index contributed by atoms with van der Waals surface area (Å²) in [6.45, 7) is 0.601. The number of esters is 1. The van der Waals surface area contributed by atoms with E-state index in [1.807, 2.05) is 91.0 Å². The van der Waals surface area contributed by atoms with Crippen LogP contribution in [0.2, 0.25) is 0 Å². The van der Waals surface area contributed by atoms with E-state index in [-0.39, 0.29) is 31.4 Å². The smallest absolute Gasteiger partial charge is 0.413 e. The number of hydrogen-bond acceptors (Lipinski definition) is 7. The first-order valence-electron chi connectivity index (χ1n) is 12.4. The lowest BCUT2D eigenvalue weighted by molar-refractivity contribution is -0.147. The Hall–Kier alpha value is -4.44. The Balaban J connectivity index is 1.43. The van der Waals surface area contributed by atoms with Gasteiger partial charge in [-0.1, -0.05) is 91.0 Å². The molecule has 0 aliphatic carbocycles. The summed E-state index contributed by atoms with van der Waals surface area (Å²) in [6, 6.07) is 26.8. The van der Waals surface area contributed by atoms with Gasteiger partial charge in [0.05, 0.1) is 0 Å². The van der Waals surface area contributed by atoms with Gasteiger partial charge >= 0.3 is 18.2 Å². The average Bonchev–Trinajstić information content (AvgIpc) is 2.97. The van der Waals surface area contributed by atoms with Crippen molar-refractivity contribution in [2.24, 2.45) is 0 Å². The van der Waals surface area contributed by atoms with Gasteiger partial charge in [0.15, 0.2) is 5.11 Å². The van der Waals surface area contributed by atoms with Crippen LogP contribution in [0.5, 0.6) is 0 Å². The minimum Gasteiger partial charge on any atom is -0.459 e. The number of hydrogen-bond donors (Lipinski definition) is 3. The SMILES string of the molecule is O=C(NC(=S)NCCC[C@H](NC(=O)OCc1ccccc1)C(=O)OCc1ccccc1)OCc1ccccc1. The summed E-state index contributed by atoms with van der Waals surface area (Å²) in [6.07, 6.45) is -0.721. The second-order valence-electron chi connectivity index (χ2n) is 8.44. The summed E-state index contributed by atoms with van der Waals surface area (Å²) in [4.78, 5) is 37.1. The molecule has 0 spiro atoms. The molecule has 0 fully saturated rings. The highest BCUT2D eigenvalue weighted by Crippen LogP contribution is 2.07. The maximum atomic E-state index is 12.8. The largest absolute Gasteiger partial charge is 0.459 e. The van der Waals surface area contributed by atoms with E-state index in [2.05, 4.69) is 16.0 Å². The van der Waals surface area contributed by atoms with E-state index in [9.17, 15) is 14.4 Å². The van der Waals surface area contributed by atoms with Crippen molar-refractivity contribution in [1.82, 2.24) is 16.0 Å². The molecule has 0 unspecified atom stereocenters. The van der Waals surface area contributed by atoms with Crippen molar-refractivity contribution >= 4 is 35.5 Å². The van der Waals surface area contributed by atoms with Crippen molar-refractivity contribution in [3.63, 3.8) is 0 Å². The highest BCUT2D eigenvalue weighted by molar-refractivity contribution is 7.80. The van der Waals surface area contributed by atoms with Gasteiger partial charge in [-0.2, -0.15) is 0 Å². The zero-order valence-electron chi connectivity index (χ0n) is 21.3. The average molecular weight is 550 g/mol. The molecule has 3 rings (SSSR count). The van der Waals surface area contributed by atoms with Crippen molar-refractivity contribution in [2.45, 2.75) is 38.7 Å². The fourth-order valence-electron chi connectivity index (χ4n) is 3.39. The summed E-state index contributed by atoms with van der Waals surface area (Å²) in [5.41, 5.74) is 2.50. The maximum Gasteiger partial charge on any atom is 0.413 e. The molecular weight excluding hydrogens is 518 g/mol. The fourth-order valence-corrected chi connectivity index (χ4v) is 3.57. The van der Waals surface area contributed by atoms with Gasteiger partial charge in [0.1, 0.15) is 25.9 Å². The summed E-state index contributed by atoms with van der Waals surface area (Å²) < 4.78 is 15.8. The molecule has 10 heteroatoms. The third kappa shape index (κ3) is 11.7. The van der Waals surface area contributed by atoms with E-state index in [0.29, 0.717) is 13.0 Å². The minimum absolute atomic E-state index is 0.0698. The third-order valence-corrected chi connectivity index (χ3v) is 5.64. The second-order valence-corrected chi connectivity index (χ2v) is 8.85. The van der Waals surface area contributed by atoms with E-state index < -0.39 is 24.2 Å². The number of carbonyl (C=O) groups excluding carboxylic acids is 3. The van der Waals surface area contributed by atoms with Crippen molar-refractivity contribution < 1.29 is 28.6 Å². The van der Waals surface area contributed by atoms with E-state index in [1.54, 1.807) is 0 Å². The van der Waals surface area contributed by atoms with Gasteiger partial charge < -0.3 is 24.8 Å². The van der Waals surface area contributed by atoms with Crippen LogP contribution in [0.1, 0.15) is 29.5 Å². The summed E-state index contributed by atoms with van der Waals surface area (Å²) >= 11 is 5.13. The summed E-state index contributed by atoms with van der Waals surface area (Å²) in [5, 5.41) is 8.01. The van der Waals surface area contributed by atoms with Crippen LogP contribution in [0.3, 0.4) is 0 Å². The maximum absolute atomic E-state index is 12.8. The van der Waals surface area contributed by atoms with Crippen molar-refractivity contribution in [2.75, 3.05) is 6.54 Å². The highest BCUT2D eigenvalue weighted by atomic mass is 32.1. The minimum atomic E-state index is -0.934. The molecule has 3 aromatic rings. The van der Waals surface area contributed by atoms with Gasteiger partial charge in [0.25, 0.3) is 0 Å². The standard InChI is InChI=1S/C29H31N3O6S/c33-26(36-19-22-11-4-1-5-12-22)25(31-28(34)37-20-23-13-6-2-7-14-23)17-10-18-30-27(39)32-29(35)38-21-24-15-8-3-9-16-24/h1-9,11-16,25H,10,17-21H2,(H,31,34)(H2,30,32,35,39)/t25-/m0/s1. The van der Waals surface area contributed by atoms with Crippen molar-refractivity contribution in [3.05, 3.63) is 108 Å². The van der Waals surface area contributed by atoms with Crippen LogP contribution in [0.15, 0.2) is 91.0 Å². The van der Waals surface area contributed by atoms with E-state index >= 15 is 0 Å². The number of ether oxygens (including phenoxy) is 3. The first-order valence-corrected chi connectivity index (χ1v) is 12.8. The van der Waals surface area contributed by atoms with E-state index in [0.717, 1.165) is 16.7 Å². The number of amides is 2. The highest BCUT2D eigenvalue weighted by Gasteiger charge is 2.23. The van der Waals surface area contributed by atoms with Gasteiger partial charge in [-0.3, -0.25) is 5.32 Å². The number of carbonyl (C=O) groups is 3. The molecule has 204 valence electrons. The molecule has 1 atom stereocenters. The molecule has 9 nitrogen and oxygen atoms in total. The molecule has 0 radical (unpaired) electrons. The van der Waals surface area contributed by atoms with E-state index in [4.69, 9.17) is 26.4 Å². The monoisotopic (exact) mass is 549 g/mol. The van der Waals surface area contributed by atoms with Crippen LogP contribution < -0.4 is 16.0 Å². The molecule has 3 N–H and O–H groups in total. The topological polar surface area (TPSA) is 115 Å². The molecule has 2 amide bonds. The predicted octanol–water partition coefficient (Wildman–Crippen LogP) is 4.61. The zero-order valence-corrected chi connectivity index (χ0v) is 22.2. The first-order chi connectivity index (χ1) is 19.0. The predicted molar refractivity (Wildman–Crippen MR) is 149 cm³/mol. The normalized spacial score (nSPS) is 11.0. The molecular formula is C29H31N3O6S. The van der Waals surface area contributed by atoms with Crippen LogP contribution in [0.25, 0.3) is 0 Å². The number of thiocarbonyl (C=S) groups is 1. The number of benzene rings is 3. The Labute approximate surface area is 232 Å². The Morgan fingerprint density at radius 3 is 1.64 bits per heavy atom. The van der Waals surface area contributed by atoms with Gasteiger partial charge in [-0.15, -0.1) is 0 Å². The number of nitrogens with one attached hydrogen (secondary N) is 3. The molecule has 39 heavy (non-hydrogen) atoms. The van der Waals surface area contributed by atoms with E-state index in [1.165, 1.54) is 0 Å². The summed E-state index contributed by atoms with van der Waals surface area (Å²) in [7, 11) is 0. The van der Waals surface area contributed by atoms with Crippen molar-refractivity contribution in [3.8, 4) is 0 Å². The lowest BCUT2D eigenvalue weighted by atomic mass is 10.1. The quantitative estimate of drug-likeness (QED) is 0.130. The van der Waals surface area contributed by atoms with Gasteiger partial charge in [0.2, 0.25) is 0 Å².